The summed E-state index contributed by atoms with van der Waals surface area (Å²) in [6, 6.07) is 4.43. The van der Waals surface area contributed by atoms with Gasteiger partial charge in [0.05, 0.1) is 19.1 Å². The summed E-state index contributed by atoms with van der Waals surface area (Å²) in [5, 5.41) is 8.94. The molecule has 0 fully saturated rings. The van der Waals surface area contributed by atoms with Crippen molar-refractivity contribution in [1.82, 2.24) is 0 Å². The minimum absolute atomic E-state index is 0.0581. The number of hydrogen-bond acceptors (Lipinski definition) is 3. The van der Waals surface area contributed by atoms with E-state index in [2.05, 4.69) is 11.8 Å². The van der Waals surface area contributed by atoms with Crippen LogP contribution in [0.3, 0.4) is 0 Å². The Labute approximate surface area is 98.2 Å². The minimum atomic E-state index is -1.09. The fourth-order valence-corrected chi connectivity index (χ4v) is 1.17. The number of ether oxygens (including phenoxy) is 1. The molecule has 0 aromatic heterocycles. The number of carbonyl (C=O) groups excluding carboxylic acids is 1. The van der Waals surface area contributed by atoms with Gasteiger partial charge in [-0.2, -0.15) is 0 Å². The van der Waals surface area contributed by atoms with Gasteiger partial charge in [0.25, 0.3) is 0 Å². The van der Waals surface area contributed by atoms with E-state index in [1.807, 2.05) is 0 Å². The number of carboxylic acid groups (broad SMARTS) is 1. The van der Waals surface area contributed by atoms with Gasteiger partial charge in [0.1, 0.15) is 5.75 Å². The molecule has 17 heavy (non-hydrogen) atoms. The molecule has 3 N–H and O–H groups in total. The number of rotatable bonds is 3. The molecule has 1 aromatic rings. The first kappa shape index (κ1) is 12.6. The zero-order chi connectivity index (χ0) is 12.8. The van der Waals surface area contributed by atoms with E-state index in [1.165, 1.54) is 25.3 Å². The summed E-state index contributed by atoms with van der Waals surface area (Å²) < 4.78 is 4.96. The van der Waals surface area contributed by atoms with Crippen LogP contribution in [-0.4, -0.2) is 24.1 Å². The lowest BCUT2D eigenvalue weighted by molar-refractivity contribution is -0.117. The second kappa shape index (κ2) is 5.56. The van der Waals surface area contributed by atoms with Crippen molar-refractivity contribution in [2.24, 2.45) is 5.73 Å². The smallest absolute Gasteiger partial charge is 0.336 e. The highest BCUT2D eigenvalue weighted by Gasteiger charge is 2.09. The first-order valence-electron chi connectivity index (χ1n) is 4.73. The number of nitrogens with two attached hydrogens (primary N) is 1. The third-order valence-corrected chi connectivity index (χ3v) is 1.94. The van der Waals surface area contributed by atoms with Gasteiger partial charge in [-0.1, -0.05) is 11.8 Å². The zero-order valence-electron chi connectivity index (χ0n) is 9.19. The molecular formula is C12H11NO4. The molecule has 0 aliphatic heterocycles. The molecule has 5 nitrogen and oxygen atoms in total. The van der Waals surface area contributed by atoms with E-state index >= 15 is 0 Å². The summed E-state index contributed by atoms with van der Waals surface area (Å²) in [5.41, 5.74) is 5.28. The predicted molar refractivity (Wildman–Crippen MR) is 60.6 cm³/mol. The largest absolute Gasteiger partial charge is 0.497 e. The predicted octanol–water partition coefficient (Wildman–Crippen LogP) is 0.620. The molecule has 0 unspecified atom stereocenters. The fourth-order valence-electron chi connectivity index (χ4n) is 1.17. The Morgan fingerprint density at radius 3 is 2.71 bits per heavy atom. The van der Waals surface area contributed by atoms with Crippen LogP contribution in [0, 0.1) is 11.8 Å². The van der Waals surface area contributed by atoms with Gasteiger partial charge in [-0.05, 0) is 18.2 Å². The molecule has 0 heterocycles. The lowest BCUT2D eigenvalue weighted by Crippen LogP contribution is -2.08. The van der Waals surface area contributed by atoms with E-state index < -0.39 is 11.9 Å². The SMILES string of the molecule is COc1ccc(C(=O)O)c(C#CCC(N)=O)c1. The van der Waals surface area contributed by atoms with Crippen molar-refractivity contribution >= 4 is 11.9 Å². The van der Waals surface area contributed by atoms with Gasteiger partial charge in [0.2, 0.25) is 5.91 Å². The number of carbonyl (C=O) groups is 2. The number of benzene rings is 1. The van der Waals surface area contributed by atoms with Crippen molar-refractivity contribution in [3.05, 3.63) is 29.3 Å². The monoisotopic (exact) mass is 233 g/mol. The maximum absolute atomic E-state index is 10.9. The summed E-state index contributed by atoms with van der Waals surface area (Å²) in [4.78, 5) is 21.4. The van der Waals surface area contributed by atoms with Crippen LogP contribution in [0.15, 0.2) is 18.2 Å². The Kier molecular flexibility index (Phi) is 4.12. The van der Waals surface area contributed by atoms with E-state index in [0.29, 0.717) is 5.75 Å². The first-order chi connectivity index (χ1) is 8.04. The number of primary amides is 1. The van der Waals surface area contributed by atoms with E-state index in [-0.39, 0.29) is 17.5 Å². The van der Waals surface area contributed by atoms with Crippen molar-refractivity contribution in [2.75, 3.05) is 7.11 Å². The minimum Gasteiger partial charge on any atom is -0.497 e. The Bertz CT molecular complexity index is 511. The van der Waals surface area contributed by atoms with E-state index in [9.17, 15) is 9.59 Å². The quantitative estimate of drug-likeness (QED) is 0.749. The van der Waals surface area contributed by atoms with Gasteiger partial charge in [-0.15, -0.1) is 0 Å². The van der Waals surface area contributed by atoms with Gasteiger partial charge in [-0.25, -0.2) is 4.79 Å². The highest BCUT2D eigenvalue weighted by molar-refractivity contribution is 5.91. The lowest BCUT2D eigenvalue weighted by atomic mass is 10.1. The third-order valence-electron chi connectivity index (χ3n) is 1.94. The van der Waals surface area contributed by atoms with Crippen molar-refractivity contribution in [3.8, 4) is 17.6 Å². The van der Waals surface area contributed by atoms with Crippen LogP contribution in [0.2, 0.25) is 0 Å². The van der Waals surface area contributed by atoms with Crippen LogP contribution in [0.1, 0.15) is 22.3 Å². The normalized spacial score (nSPS) is 9.00. The van der Waals surface area contributed by atoms with Crippen LogP contribution in [0.5, 0.6) is 5.75 Å². The molecule has 1 aromatic carbocycles. The van der Waals surface area contributed by atoms with Crippen LogP contribution >= 0.6 is 0 Å². The molecule has 0 aliphatic rings. The first-order valence-corrected chi connectivity index (χ1v) is 4.73. The topological polar surface area (TPSA) is 89.6 Å². The maximum Gasteiger partial charge on any atom is 0.336 e. The van der Waals surface area contributed by atoms with Crippen LogP contribution in [0.25, 0.3) is 0 Å². The molecule has 0 saturated carbocycles. The van der Waals surface area contributed by atoms with Crippen LogP contribution in [-0.2, 0) is 4.79 Å². The molecule has 1 rings (SSSR count). The second-order valence-electron chi connectivity index (χ2n) is 3.16. The molecule has 0 aliphatic carbocycles. The number of carboxylic acids is 1. The molecule has 0 radical (unpaired) electrons. The lowest BCUT2D eigenvalue weighted by Gasteiger charge is -2.03. The fraction of sp³-hybridized carbons (Fsp3) is 0.167. The molecule has 5 heteroatoms. The summed E-state index contributed by atoms with van der Waals surface area (Å²) >= 11 is 0. The van der Waals surface area contributed by atoms with Gasteiger partial charge in [-0.3, -0.25) is 4.79 Å². The second-order valence-corrected chi connectivity index (χ2v) is 3.16. The summed E-state index contributed by atoms with van der Waals surface area (Å²) in [6.07, 6.45) is -0.115. The van der Waals surface area contributed by atoms with Crippen LogP contribution in [0.4, 0.5) is 0 Å². The van der Waals surface area contributed by atoms with E-state index in [4.69, 9.17) is 15.6 Å². The summed E-state index contributed by atoms with van der Waals surface area (Å²) in [5.74, 6) is 3.95. The average Bonchev–Trinajstić information content (AvgIpc) is 2.28. The molecule has 0 atom stereocenters. The van der Waals surface area contributed by atoms with Crippen LogP contribution < -0.4 is 10.5 Å². The third kappa shape index (κ3) is 3.54. The number of aromatic carboxylic acids is 1. The molecule has 1 amide bonds. The summed E-state index contributed by atoms with van der Waals surface area (Å²) in [7, 11) is 1.47. The van der Waals surface area contributed by atoms with Gasteiger partial charge >= 0.3 is 5.97 Å². The van der Waals surface area contributed by atoms with Gasteiger partial charge in [0.15, 0.2) is 0 Å². The van der Waals surface area contributed by atoms with Crippen molar-refractivity contribution in [2.45, 2.75) is 6.42 Å². The molecule has 0 bridgehead atoms. The summed E-state index contributed by atoms with van der Waals surface area (Å²) in [6.45, 7) is 0. The Morgan fingerprint density at radius 1 is 1.47 bits per heavy atom. The number of hydrogen-bond donors (Lipinski definition) is 2. The number of methoxy groups -OCH3 is 1. The number of amides is 1. The van der Waals surface area contributed by atoms with Crippen molar-refractivity contribution in [3.63, 3.8) is 0 Å². The Hall–Kier alpha value is -2.48. The highest BCUT2D eigenvalue weighted by atomic mass is 16.5. The standard InChI is InChI=1S/C12H11NO4/c1-17-9-5-6-10(12(15)16)8(7-9)3-2-4-11(13)14/h5-7H,4H2,1H3,(H2,13,14)(H,15,16). The zero-order valence-corrected chi connectivity index (χ0v) is 9.19. The van der Waals surface area contributed by atoms with E-state index in [1.54, 1.807) is 0 Å². The molecule has 88 valence electrons. The Morgan fingerprint density at radius 2 is 2.18 bits per heavy atom. The van der Waals surface area contributed by atoms with Crippen molar-refractivity contribution < 1.29 is 19.4 Å². The van der Waals surface area contributed by atoms with Crippen molar-refractivity contribution in [1.29, 1.82) is 0 Å². The van der Waals surface area contributed by atoms with Gasteiger partial charge in [0, 0.05) is 5.56 Å². The molecular weight excluding hydrogens is 222 g/mol. The van der Waals surface area contributed by atoms with E-state index in [0.717, 1.165) is 0 Å². The Balaban J connectivity index is 3.12. The average molecular weight is 233 g/mol. The molecule has 0 spiro atoms. The van der Waals surface area contributed by atoms with Gasteiger partial charge < -0.3 is 15.6 Å². The maximum atomic E-state index is 10.9. The highest BCUT2D eigenvalue weighted by Crippen LogP contribution is 2.16. The molecule has 0 saturated heterocycles.